The van der Waals surface area contributed by atoms with E-state index < -0.39 is 17.7 Å². The van der Waals surface area contributed by atoms with Gasteiger partial charge in [-0.25, -0.2) is 4.79 Å². The van der Waals surface area contributed by atoms with Crippen LogP contribution in [-0.4, -0.2) is 30.1 Å². The van der Waals surface area contributed by atoms with Gasteiger partial charge in [-0.2, -0.15) is 13.2 Å². The summed E-state index contributed by atoms with van der Waals surface area (Å²) in [5, 5.41) is 8.67. The summed E-state index contributed by atoms with van der Waals surface area (Å²) < 4.78 is 38.2. The zero-order valence-electron chi connectivity index (χ0n) is 9.38. The number of halogens is 3. The molecule has 0 radical (unpaired) electrons. The SMILES string of the molecule is CN(C)Cc1ccc(C(=O)O)cc1C(F)(F)F. The molecular formula is C11H12F3NO2. The Morgan fingerprint density at radius 3 is 2.35 bits per heavy atom. The van der Waals surface area contributed by atoms with E-state index in [1.165, 1.54) is 12.1 Å². The maximum absolute atomic E-state index is 12.7. The van der Waals surface area contributed by atoms with Crippen molar-refractivity contribution >= 4 is 5.97 Å². The van der Waals surface area contributed by atoms with E-state index in [2.05, 4.69) is 0 Å². The molecule has 6 heteroatoms. The molecule has 0 unspecified atom stereocenters. The molecule has 3 nitrogen and oxygen atoms in total. The van der Waals surface area contributed by atoms with Crippen LogP contribution in [0.1, 0.15) is 21.5 Å². The molecule has 0 amide bonds. The lowest BCUT2D eigenvalue weighted by atomic mass is 10.0. The first kappa shape index (κ1) is 13.5. The largest absolute Gasteiger partial charge is 0.478 e. The van der Waals surface area contributed by atoms with Crippen LogP contribution >= 0.6 is 0 Å². The number of nitrogens with zero attached hydrogens (tertiary/aromatic N) is 1. The van der Waals surface area contributed by atoms with Crippen molar-refractivity contribution < 1.29 is 23.1 Å². The Morgan fingerprint density at radius 2 is 1.94 bits per heavy atom. The van der Waals surface area contributed by atoms with Crippen molar-refractivity contribution in [1.29, 1.82) is 0 Å². The molecule has 0 aliphatic heterocycles. The lowest BCUT2D eigenvalue weighted by molar-refractivity contribution is -0.138. The van der Waals surface area contributed by atoms with Gasteiger partial charge in [0.25, 0.3) is 0 Å². The van der Waals surface area contributed by atoms with E-state index >= 15 is 0 Å². The summed E-state index contributed by atoms with van der Waals surface area (Å²) in [4.78, 5) is 12.2. The first-order chi connectivity index (χ1) is 7.71. The molecule has 17 heavy (non-hydrogen) atoms. The monoisotopic (exact) mass is 247 g/mol. The lowest BCUT2D eigenvalue weighted by Gasteiger charge is -2.16. The molecule has 0 spiro atoms. The summed E-state index contributed by atoms with van der Waals surface area (Å²) in [6.07, 6.45) is -4.54. The Bertz CT molecular complexity index is 427. The predicted molar refractivity (Wildman–Crippen MR) is 55.8 cm³/mol. The summed E-state index contributed by atoms with van der Waals surface area (Å²) in [7, 11) is 3.29. The number of rotatable bonds is 3. The normalized spacial score (nSPS) is 11.9. The van der Waals surface area contributed by atoms with E-state index in [0.717, 1.165) is 0 Å². The smallest absolute Gasteiger partial charge is 0.416 e. The minimum Gasteiger partial charge on any atom is -0.478 e. The fourth-order valence-electron chi connectivity index (χ4n) is 1.45. The Balaban J connectivity index is 3.27. The van der Waals surface area contributed by atoms with Crippen LogP contribution in [0.3, 0.4) is 0 Å². The zero-order chi connectivity index (χ0) is 13.2. The van der Waals surface area contributed by atoms with Gasteiger partial charge in [-0.1, -0.05) is 6.07 Å². The highest BCUT2D eigenvalue weighted by molar-refractivity contribution is 5.87. The Morgan fingerprint density at radius 1 is 1.35 bits per heavy atom. The van der Waals surface area contributed by atoms with Crippen molar-refractivity contribution in [1.82, 2.24) is 4.90 Å². The molecule has 94 valence electrons. The van der Waals surface area contributed by atoms with Crippen LogP contribution in [0.25, 0.3) is 0 Å². The van der Waals surface area contributed by atoms with Gasteiger partial charge >= 0.3 is 12.1 Å². The van der Waals surface area contributed by atoms with Gasteiger partial charge in [-0.05, 0) is 31.8 Å². The van der Waals surface area contributed by atoms with Gasteiger partial charge in [0.1, 0.15) is 0 Å². The Kier molecular flexibility index (Phi) is 3.77. The van der Waals surface area contributed by atoms with Crippen LogP contribution in [0.15, 0.2) is 18.2 Å². The van der Waals surface area contributed by atoms with Gasteiger partial charge in [0, 0.05) is 6.54 Å². The molecule has 1 N–H and O–H groups in total. The number of carboxylic acids is 1. The highest BCUT2D eigenvalue weighted by atomic mass is 19.4. The maximum atomic E-state index is 12.7. The van der Waals surface area contributed by atoms with Crippen molar-refractivity contribution in [3.05, 3.63) is 34.9 Å². The molecule has 1 aromatic rings. The molecule has 0 heterocycles. The van der Waals surface area contributed by atoms with Crippen LogP contribution in [0.5, 0.6) is 0 Å². The molecule has 0 fully saturated rings. The fraction of sp³-hybridized carbons (Fsp3) is 0.364. The highest BCUT2D eigenvalue weighted by Crippen LogP contribution is 2.33. The zero-order valence-corrected chi connectivity index (χ0v) is 9.38. The van der Waals surface area contributed by atoms with Crippen molar-refractivity contribution in [2.45, 2.75) is 12.7 Å². The minimum absolute atomic E-state index is 0.0625. The number of benzene rings is 1. The summed E-state index contributed by atoms with van der Waals surface area (Å²) in [5.74, 6) is -1.37. The Hall–Kier alpha value is -1.56. The molecule has 0 saturated heterocycles. The van der Waals surface area contributed by atoms with Crippen molar-refractivity contribution in [2.75, 3.05) is 14.1 Å². The van der Waals surface area contributed by atoms with E-state index in [0.29, 0.717) is 6.07 Å². The molecule has 0 atom stereocenters. The molecular weight excluding hydrogens is 235 g/mol. The van der Waals surface area contributed by atoms with E-state index in [4.69, 9.17) is 5.11 Å². The van der Waals surface area contributed by atoms with Gasteiger partial charge in [0.05, 0.1) is 11.1 Å². The van der Waals surface area contributed by atoms with E-state index in [-0.39, 0.29) is 17.7 Å². The van der Waals surface area contributed by atoms with Gasteiger partial charge in [-0.3, -0.25) is 0 Å². The van der Waals surface area contributed by atoms with Gasteiger partial charge in [0.15, 0.2) is 0 Å². The summed E-state index contributed by atoms with van der Waals surface area (Å²) >= 11 is 0. The average molecular weight is 247 g/mol. The van der Waals surface area contributed by atoms with Gasteiger partial charge in [-0.15, -0.1) is 0 Å². The van der Waals surface area contributed by atoms with E-state index in [9.17, 15) is 18.0 Å². The first-order valence-corrected chi connectivity index (χ1v) is 4.80. The topological polar surface area (TPSA) is 40.5 Å². The standard InChI is InChI=1S/C11H12F3NO2/c1-15(2)6-8-4-3-7(10(16)17)5-9(8)11(12,13)14/h3-5H,6H2,1-2H3,(H,16,17). The van der Waals surface area contributed by atoms with E-state index in [1.54, 1.807) is 19.0 Å². The number of carbonyl (C=O) groups is 1. The summed E-state index contributed by atoms with van der Waals surface area (Å²) in [6.45, 7) is 0.106. The van der Waals surface area contributed by atoms with Crippen LogP contribution in [0.2, 0.25) is 0 Å². The molecule has 1 rings (SSSR count). The molecule has 0 aliphatic carbocycles. The minimum atomic E-state index is -4.54. The van der Waals surface area contributed by atoms with Crippen molar-refractivity contribution in [3.63, 3.8) is 0 Å². The van der Waals surface area contributed by atoms with Gasteiger partial charge < -0.3 is 10.0 Å². The maximum Gasteiger partial charge on any atom is 0.416 e. The lowest BCUT2D eigenvalue weighted by Crippen LogP contribution is -2.17. The third kappa shape index (κ3) is 3.45. The first-order valence-electron chi connectivity index (χ1n) is 4.80. The van der Waals surface area contributed by atoms with Crippen molar-refractivity contribution in [2.24, 2.45) is 0 Å². The van der Waals surface area contributed by atoms with Gasteiger partial charge in [0.2, 0.25) is 0 Å². The van der Waals surface area contributed by atoms with Crippen LogP contribution in [0.4, 0.5) is 13.2 Å². The highest BCUT2D eigenvalue weighted by Gasteiger charge is 2.34. The van der Waals surface area contributed by atoms with Crippen LogP contribution in [-0.2, 0) is 12.7 Å². The molecule has 0 bridgehead atoms. The van der Waals surface area contributed by atoms with Crippen molar-refractivity contribution in [3.8, 4) is 0 Å². The van der Waals surface area contributed by atoms with Crippen LogP contribution in [0, 0.1) is 0 Å². The fourth-order valence-corrected chi connectivity index (χ4v) is 1.45. The quantitative estimate of drug-likeness (QED) is 0.892. The number of hydrogen-bond donors (Lipinski definition) is 1. The van der Waals surface area contributed by atoms with E-state index in [1.807, 2.05) is 0 Å². The second-order valence-corrected chi connectivity index (χ2v) is 3.91. The summed E-state index contributed by atoms with van der Waals surface area (Å²) in [6, 6.07) is 3.05. The number of alkyl halides is 3. The predicted octanol–water partition coefficient (Wildman–Crippen LogP) is 2.47. The van der Waals surface area contributed by atoms with Crippen LogP contribution < -0.4 is 0 Å². The number of hydrogen-bond acceptors (Lipinski definition) is 2. The molecule has 1 aromatic carbocycles. The Labute approximate surface area is 96.5 Å². The second kappa shape index (κ2) is 4.75. The number of aromatic carboxylic acids is 1. The second-order valence-electron chi connectivity index (χ2n) is 3.91. The number of carboxylic acid groups (broad SMARTS) is 1. The molecule has 0 aromatic heterocycles. The third-order valence-electron chi connectivity index (χ3n) is 2.15. The summed E-state index contributed by atoms with van der Waals surface area (Å²) in [5.41, 5.74) is -1.20. The average Bonchev–Trinajstić information content (AvgIpc) is 2.15. The third-order valence-corrected chi connectivity index (χ3v) is 2.15. The molecule has 0 aliphatic rings. The molecule has 0 saturated carbocycles.